The molecule has 7 heteroatoms. The van der Waals surface area contributed by atoms with Crippen LogP contribution in [0, 0.1) is 24.0 Å². The van der Waals surface area contributed by atoms with Gasteiger partial charge in [-0.1, -0.05) is 0 Å². The Morgan fingerprint density at radius 2 is 2.21 bits per heavy atom. The summed E-state index contributed by atoms with van der Waals surface area (Å²) in [5, 5.41) is 13.9. The summed E-state index contributed by atoms with van der Waals surface area (Å²) < 4.78 is 5.97. The van der Waals surface area contributed by atoms with Gasteiger partial charge in [0.25, 0.3) is 5.69 Å². The molecule has 100 valence electrons. The first kappa shape index (κ1) is 13.5. The maximum atomic E-state index is 10.8. The highest BCUT2D eigenvalue weighted by molar-refractivity contribution is 9.10. The third-order valence-corrected chi connectivity index (χ3v) is 3.24. The van der Waals surface area contributed by atoms with Gasteiger partial charge in [0.15, 0.2) is 0 Å². The van der Waals surface area contributed by atoms with Crippen LogP contribution in [0.25, 0.3) is 0 Å². The van der Waals surface area contributed by atoms with Crippen LogP contribution >= 0.6 is 15.9 Å². The summed E-state index contributed by atoms with van der Waals surface area (Å²) in [5.74, 6) is 1.32. The summed E-state index contributed by atoms with van der Waals surface area (Å²) in [6, 6.07) is 3.20. The van der Waals surface area contributed by atoms with Crippen LogP contribution in [0.1, 0.15) is 17.2 Å². The molecule has 0 amide bonds. The molecule has 0 aliphatic heterocycles. The molecule has 1 aromatic carbocycles. The van der Waals surface area contributed by atoms with Gasteiger partial charge in [0.2, 0.25) is 5.89 Å². The van der Waals surface area contributed by atoms with Gasteiger partial charge in [0.05, 0.1) is 17.7 Å². The minimum absolute atomic E-state index is 0.0874. The number of nitrogens with zero attached hydrogens (tertiary/aromatic N) is 2. The molecule has 1 heterocycles. The Morgan fingerprint density at radius 1 is 1.47 bits per heavy atom. The zero-order chi connectivity index (χ0) is 14.0. The molecule has 0 saturated carbocycles. The van der Waals surface area contributed by atoms with Gasteiger partial charge in [-0.05, 0) is 35.8 Å². The lowest BCUT2D eigenvalue weighted by atomic mass is 10.2. The lowest BCUT2D eigenvalue weighted by molar-refractivity contribution is -0.385. The van der Waals surface area contributed by atoms with Crippen molar-refractivity contribution >= 4 is 27.3 Å². The second-order valence-corrected chi connectivity index (χ2v) is 4.95. The number of anilines is 1. The molecule has 19 heavy (non-hydrogen) atoms. The van der Waals surface area contributed by atoms with Crippen molar-refractivity contribution in [2.75, 3.05) is 5.32 Å². The second kappa shape index (κ2) is 5.40. The Bertz CT molecular complexity index is 625. The first-order valence-electron chi connectivity index (χ1n) is 5.57. The van der Waals surface area contributed by atoms with E-state index in [0.29, 0.717) is 22.5 Å². The maximum absolute atomic E-state index is 10.8. The average molecular weight is 326 g/mol. The monoisotopic (exact) mass is 325 g/mol. The number of nitrogens with one attached hydrogen (secondary N) is 1. The van der Waals surface area contributed by atoms with E-state index in [0.717, 1.165) is 11.4 Å². The molecule has 1 N–H and O–H groups in total. The van der Waals surface area contributed by atoms with E-state index in [2.05, 4.69) is 26.2 Å². The van der Waals surface area contributed by atoms with E-state index in [-0.39, 0.29) is 5.69 Å². The Morgan fingerprint density at radius 3 is 2.79 bits per heavy atom. The Balaban J connectivity index is 2.17. The molecule has 6 nitrogen and oxygen atoms in total. The molecule has 0 aliphatic carbocycles. The predicted molar refractivity (Wildman–Crippen MR) is 74.1 cm³/mol. The van der Waals surface area contributed by atoms with E-state index in [9.17, 15) is 10.1 Å². The third kappa shape index (κ3) is 3.11. The summed E-state index contributed by atoms with van der Waals surface area (Å²) in [5.41, 5.74) is 1.45. The Labute approximate surface area is 118 Å². The van der Waals surface area contributed by atoms with Crippen LogP contribution in [0.3, 0.4) is 0 Å². The largest absolute Gasteiger partial charge is 0.444 e. The molecule has 0 bridgehead atoms. The predicted octanol–water partition coefficient (Wildman–Crippen LogP) is 3.57. The summed E-state index contributed by atoms with van der Waals surface area (Å²) in [6.45, 7) is 3.94. The number of nitro groups is 1. The van der Waals surface area contributed by atoms with Crippen LogP contribution in [0.15, 0.2) is 27.2 Å². The van der Waals surface area contributed by atoms with Crippen LogP contribution in [0.4, 0.5) is 11.4 Å². The van der Waals surface area contributed by atoms with Crippen molar-refractivity contribution in [3.05, 3.63) is 50.1 Å². The molecular weight excluding hydrogens is 314 g/mol. The van der Waals surface area contributed by atoms with Gasteiger partial charge in [0, 0.05) is 21.8 Å². The van der Waals surface area contributed by atoms with Crippen LogP contribution in [-0.4, -0.2) is 9.91 Å². The summed E-state index contributed by atoms with van der Waals surface area (Å²) in [6.07, 6.45) is 1.65. The van der Waals surface area contributed by atoms with E-state index < -0.39 is 4.92 Å². The summed E-state index contributed by atoms with van der Waals surface area (Å²) in [4.78, 5) is 14.5. The zero-order valence-corrected chi connectivity index (χ0v) is 12.0. The van der Waals surface area contributed by atoms with E-state index in [1.165, 1.54) is 6.07 Å². The number of aryl methyl sites for hydroxylation is 2. The van der Waals surface area contributed by atoms with Crippen LogP contribution in [0.2, 0.25) is 0 Å². The maximum Gasteiger partial charge on any atom is 0.273 e. The number of aromatic nitrogens is 1. The standard InChI is InChI=1S/C12H12BrN3O3/c1-7-3-10(9(13)4-11(7)16(17)18)14-6-12-15-5-8(2)19-12/h3-5,14H,6H2,1-2H3. The van der Waals surface area contributed by atoms with Crippen molar-refractivity contribution in [3.63, 3.8) is 0 Å². The van der Waals surface area contributed by atoms with Crippen molar-refractivity contribution in [3.8, 4) is 0 Å². The number of hydrogen-bond acceptors (Lipinski definition) is 5. The Kier molecular flexibility index (Phi) is 3.84. The topological polar surface area (TPSA) is 81.2 Å². The molecule has 0 spiro atoms. The molecule has 0 radical (unpaired) electrons. The van der Waals surface area contributed by atoms with E-state index in [4.69, 9.17) is 4.42 Å². The van der Waals surface area contributed by atoms with Crippen molar-refractivity contribution in [1.29, 1.82) is 0 Å². The van der Waals surface area contributed by atoms with Crippen molar-refractivity contribution < 1.29 is 9.34 Å². The van der Waals surface area contributed by atoms with Crippen LogP contribution in [0.5, 0.6) is 0 Å². The fourth-order valence-electron chi connectivity index (χ4n) is 1.66. The van der Waals surface area contributed by atoms with Gasteiger partial charge < -0.3 is 9.73 Å². The number of oxazole rings is 1. The van der Waals surface area contributed by atoms with Gasteiger partial charge in [-0.25, -0.2) is 4.98 Å². The number of halogens is 1. The van der Waals surface area contributed by atoms with E-state index in [1.807, 2.05) is 6.92 Å². The fraction of sp³-hybridized carbons (Fsp3) is 0.250. The summed E-state index contributed by atoms with van der Waals surface area (Å²) >= 11 is 3.31. The third-order valence-electron chi connectivity index (χ3n) is 2.58. The normalized spacial score (nSPS) is 10.5. The number of hydrogen-bond donors (Lipinski definition) is 1. The van der Waals surface area contributed by atoms with E-state index in [1.54, 1.807) is 19.2 Å². The van der Waals surface area contributed by atoms with Crippen LogP contribution in [-0.2, 0) is 6.54 Å². The highest BCUT2D eigenvalue weighted by atomic mass is 79.9. The number of nitro benzene ring substituents is 1. The van der Waals surface area contributed by atoms with Crippen molar-refractivity contribution in [2.24, 2.45) is 0 Å². The van der Waals surface area contributed by atoms with Gasteiger partial charge in [0.1, 0.15) is 5.76 Å². The highest BCUT2D eigenvalue weighted by Gasteiger charge is 2.14. The lowest BCUT2D eigenvalue weighted by Gasteiger charge is -2.08. The van der Waals surface area contributed by atoms with Gasteiger partial charge >= 0.3 is 0 Å². The van der Waals surface area contributed by atoms with Crippen molar-refractivity contribution in [1.82, 2.24) is 4.98 Å². The average Bonchev–Trinajstić information content (AvgIpc) is 2.75. The van der Waals surface area contributed by atoms with Gasteiger partial charge in [-0.3, -0.25) is 10.1 Å². The minimum atomic E-state index is -0.401. The molecular formula is C12H12BrN3O3. The zero-order valence-electron chi connectivity index (χ0n) is 10.4. The quantitative estimate of drug-likeness (QED) is 0.686. The first-order chi connectivity index (χ1) is 8.97. The molecule has 0 aliphatic rings. The molecule has 1 aromatic heterocycles. The smallest absolute Gasteiger partial charge is 0.273 e. The minimum Gasteiger partial charge on any atom is -0.444 e. The SMILES string of the molecule is Cc1cnc(CNc2cc(C)c([N+](=O)[O-])cc2Br)o1. The molecule has 0 atom stereocenters. The first-order valence-corrected chi connectivity index (χ1v) is 6.36. The van der Waals surface area contributed by atoms with E-state index >= 15 is 0 Å². The lowest BCUT2D eigenvalue weighted by Crippen LogP contribution is -2.02. The number of benzene rings is 1. The summed E-state index contributed by atoms with van der Waals surface area (Å²) in [7, 11) is 0. The second-order valence-electron chi connectivity index (χ2n) is 4.09. The van der Waals surface area contributed by atoms with Gasteiger partial charge in [-0.15, -0.1) is 0 Å². The fourth-order valence-corrected chi connectivity index (χ4v) is 2.13. The van der Waals surface area contributed by atoms with Crippen LogP contribution < -0.4 is 5.32 Å². The number of rotatable bonds is 4. The van der Waals surface area contributed by atoms with Crippen molar-refractivity contribution in [2.45, 2.75) is 20.4 Å². The molecule has 2 aromatic rings. The molecule has 0 fully saturated rings. The molecule has 2 rings (SSSR count). The Hall–Kier alpha value is -1.89. The molecule has 0 unspecified atom stereocenters. The highest BCUT2D eigenvalue weighted by Crippen LogP contribution is 2.30. The van der Waals surface area contributed by atoms with Gasteiger partial charge in [-0.2, -0.15) is 0 Å². The molecule has 0 saturated heterocycles.